The largest absolute Gasteiger partial charge is 0.493 e. The molecule has 0 amide bonds. The molecule has 0 unspecified atom stereocenters. The minimum atomic E-state index is -0.00457. The zero-order chi connectivity index (χ0) is 15.0. The summed E-state index contributed by atoms with van der Waals surface area (Å²) < 4.78 is 11.5. The number of nitriles is 1. The number of methoxy groups -OCH3 is 1. The van der Waals surface area contributed by atoms with Gasteiger partial charge in [-0.15, -0.1) is 24.8 Å². The number of likely N-dealkylation sites (N-methyl/N-ethyl adjacent to an activating group) is 1. The van der Waals surface area contributed by atoms with Crippen molar-refractivity contribution in [1.29, 1.82) is 5.26 Å². The number of halogens is 3. The zero-order valence-corrected chi connectivity index (χ0v) is 16.1. The molecule has 0 spiro atoms. The summed E-state index contributed by atoms with van der Waals surface area (Å²) in [5.74, 6) is 1.19. The molecule has 0 aromatic heterocycles. The molecule has 5 nitrogen and oxygen atoms in total. The molecule has 0 radical (unpaired) electrons. The van der Waals surface area contributed by atoms with Crippen LogP contribution in [0.4, 0.5) is 0 Å². The van der Waals surface area contributed by atoms with Gasteiger partial charge in [0.2, 0.25) is 0 Å². The highest BCUT2D eigenvalue weighted by molar-refractivity contribution is 9.10. The average Bonchev–Trinajstić information content (AvgIpc) is 2.41. The Labute approximate surface area is 152 Å². The van der Waals surface area contributed by atoms with Crippen LogP contribution in [0.2, 0.25) is 0 Å². The molecule has 22 heavy (non-hydrogen) atoms. The lowest BCUT2D eigenvalue weighted by atomic mass is 10.2. The molecule has 126 valence electrons. The predicted molar refractivity (Wildman–Crippen MR) is 96.6 cm³/mol. The molecule has 0 aliphatic carbocycles. The number of ether oxygens (including phenoxy) is 2. The van der Waals surface area contributed by atoms with Gasteiger partial charge in [-0.2, -0.15) is 5.26 Å². The van der Waals surface area contributed by atoms with Gasteiger partial charge in [0.05, 0.1) is 11.6 Å². The molecule has 1 aromatic carbocycles. The molecule has 0 heterocycles. The van der Waals surface area contributed by atoms with E-state index >= 15 is 0 Å². The monoisotopic (exact) mass is 413 g/mol. The van der Waals surface area contributed by atoms with Crippen LogP contribution in [-0.2, 0) is 6.54 Å². The highest BCUT2D eigenvalue weighted by Gasteiger charge is 2.11. The van der Waals surface area contributed by atoms with Crippen molar-refractivity contribution in [2.45, 2.75) is 6.54 Å². The quantitative estimate of drug-likeness (QED) is 0.662. The number of nitrogens with one attached hydrogen (secondary N) is 1. The van der Waals surface area contributed by atoms with E-state index in [1.807, 2.05) is 32.3 Å². The molecular weight excluding hydrogens is 393 g/mol. The van der Waals surface area contributed by atoms with Crippen molar-refractivity contribution in [3.63, 3.8) is 0 Å². The molecule has 0 saturated carbocycles. The van der Waals surface area contributed by atoms with Crippen LogP contribution in [0.3, 0.4) is 0 Å². The SMILES string of the molecule is COc1cc(CNCCN(C)C)cc(Br)c1OCC#N.Cl.Cl. The number of rotatable bonds is 8. The fourth-order valence-electron chi connectivity index (χ4n) is 1.66. The van der Waals surface area contributed by atoms with E-state index < -0.39 is 0 Å². The Hall–Kier alpha value is -0.710. The molecule has 1 N–H and O–H groups in total. The van der Waals surface area contributed by atoms with Gasteiger partial charge in [-0.25, -0.2) is 0 Å². The van der Waals surface area contributed by atoms with Crippen molar-refractivity contribution in [3.05, 3.63) is 22.2 Å². The Morgan fingerprint density at radius 3 is 2.55 bits per heavy atom. The molecule has 0 aliphatic heterocycles. The normalized spacial score (nSPS) is 9.45. The zero-order valence-electron chi connectivity index (χ0n) is 12.9. The lowest BCUT2D eigenvalue weighted by molar-refractivity contribution is 0.327. The Morgan fingerprint density at radius 2 is 2.00 bits per heavy atom. The summed E-state index contributed by atoms with van der Waals surface area (Å²) in [6, 6.07) is 5.83. The van der Waals surface area contributed by atoms with E-state index in [1.165, 1.54) is 0 Å². The van der Waals surface area contributed by atoms with Crippen LogP contribution in [0.15, 0.2) is 16.6 Å². The third kappa shape index (κ3) is 8.06. The molecule has 1 rings (SSSR count). The van der Waals surface area contributed by atoms with Crippen molar-refractivity contribution in [1.82, 2.24) is 10.2 Å². The number of benzene rings is 1. The Morgan fingerprint density at radius 1 is 1.32 bits per heavy atom. The molecule has 0 fully saturated rings. The first kappa shape index (κ1) is 23.6. The van der Waals surface area contributed by atoms with Gasteiger partial charge in [-0.3, -0.25) is 0 Å². The van der Waals surface area contributed by atoms with E-state index in [4.69, 9.17) is 14.7 Å². The number of hydrogen-bond donors (Lipinski definition) is 1. The van der Waals surface area contributed by atoms with Gasteiger partial charge in [0.1, 0.15) is 6.07 Å². The smallest absolute Gasteiger partial charge is 0.176 e. The first-order chi connectivity index (χ1) is 9.58. The summed E-state index contributed by atoms with van der Waals surface area (Å²) in [5.41, 5.74) is 1.09. The van der Waals surface area contributed by atoms with Crippen LogP contribution in [0.25, 0.3) is 0 Å². The van der Waals surface area contributed by atoms with E-state index in [9.17, 15) is 0 Å². The second-order valence-corrected chi connectivity index (χ2v) is 5.39. The van der Waals surface area contributed by atoms with Crippen LogP contribution in [0, 0.1) is 11.3 Å². The summed E-state index contributed by atoms with van der Waals surface area (Å²) in [5, 5.41) is 11.9. The Bertz CT molecular complexity index is 482. The number of hydrogen-bond acceptors (Lipinski definition) is 5. The van der Waals surface area contributed by atoms with Gasteiger partial charge in [0.25, 0.3) is 0 Å². The van der Waals surface area contributed by atoms with Gasteiger partial charge in [0.15, 0.2) is 18.1 Å². The summed E-state index contributed by atoms with van der Waals surface area (Å²) in [7, 11) is 5.68. The van der Waals surface area contributed by atoms with Crippen molar-refractivity contribution in [2.75, 3.05) is 40.9 Å². The summed E-state index contributed by atoms with van der Waals surface area (Å²) in [6.45, 7) is 2.65. The molecular formula is C14H22BrCl2N3O2. The third-order valence-electron chi connectivity index (χ3n) is 2.64. The fourth-order valence-corrected chi connectivity index (χ4v) is 2.26. The van der Waals surface area contributed by atoms with Crippen molar-refractivity contribution in [2.24, 2.45) is 0 Å². The summed E-state index contributed by atoms with van der Waals surface area (Å²) in [6.07, 6.45) is 0. The lowest BCUT2D eigenvalue weighted by Gasteiger charge is -2.14. The molecule has 1 aromatic rings. The maximum absolute atomic E-state index is 8.58. The summed E-state index contributed by atoms with van der Waals surface area (Å²) in [4.78, 5) is 2.13. The maximum atomic E-state index is 8.58. The van der Waals surface area contributed by atoms with Crippen molar-refractivity contribution >= 4 is 40.7 Å². The van der Waals surface area contributed by atoms with E-state index in [2.05, 4.69) is 26.1 Å². The molecule has 0 saturated heterocycles. The van der Waals surface area contributed by atoms with Crippen LogP contribution in [0.5, 0.6) is 11.5 Å². The van der Waals surface area contributed by atoms with Gasteiger partial charge >= 0.3 is 0 Å². The minimum absolute atomic E-state index is 0. The number of nitrogens with zero attached hydrogens (tertiary/aromatic N) is 2. The standard InChI is InChI=1S/C14H20BrN3O2.2ClH/c1-18(2)6-5-17-10-11-8-12(15)14(20-7-4-16)13(9-11)19-3;;/h8-9,17H,5-7,10H2,1-3H3;2*1H. The Kier molecular flexibility index (Phi) is 13.7. The molecule has 0 bridgehead atoms. The van der Waals surface area contributed by atoms with Crippen LogP contribution in [0.1, 0.15) is 5.56 Å². The predicted octanol–water partition coefficient (Wildman–Crippen LogP) is 2.85. The second-order valence-electron chi connectivity index (χ2n) is 4.54. The van der Waals surface area contributed by atoms with E-state index in [0.717, 1.165) is 29.7 Å². The summed E-state index contributed by atoms with van der Waals surface area (Å²) >= 11 is 3.45. The van der Waals surface area contributed by atoms with Crippen molar-refractivity contribution < 1.29 is 9.47 Å². The highest BCUT2D eigenvalue weighted by Crippen LogP contribution is 2.36. The fraction of sp³-hybridized carbons (Fsp3) is 0.500. The highest BCUT2D eigenvalue weighted by atomic mass is 79.9. The average molecular weight is 415 g/mol. The van der Waals surface area contributed by atoms with Crippen LogP contribution >= 0.6 is 40.7 Å². The van der Waals surface area contributed by atoms with E-state index in [1.54, 1.807) is 7.11 Å². The van der Waals surface area contributed by atoms with Gasteiger partial charge in [-0.05, 0) is 47.7 Å². The van der Waals surface area contributed by atoms with Gasteiger partial charge in [-0.1, -0.05) is 0 Å². The van der Waals surface area contributed by atoms with E-state index in [-0.39, 0.29) is 31.4 Å². The van der Waals surface area contributed by atoms with Crippen LogP contribution in [-0.4, -0.2) is 45.8 Å². The molecule has 0 aliphatic rings. The topological polar surface area (TPSA) is 57.5 Å². The maximum Gasteiger partial charge on any atom is 0.176 e. The van der Waals surface area contributed by atoms with Gasteiger partial charge < -0.3 is 19.7 Å². The minimum Gasteiger partial charge on any atom is -0.493 e. The van der Waals surface area contributed by atoms with Crippen molar-refractivity contribution in [3.8, 4) is 17.6 Å². The van der Waals surface area contributed by atoms with E-state index in [0.29, 0.717) is 11.5 Å². The van der Waals surface area contributed by atoms with Gasteiger partial charge in [0, 0.05) is 19.6 Å². The third-order valence-corrected chi connectivity index (χ3v) is 3.22. The second kappa shape index (κ2) is 12.8. The molecule has 0 atom stereocenters. The first-order valence-corrected chi connectivity index (χ1v) is 7.09. The molecule has 8 heteroatoms. The first-order valence-electron chi connectivity index (χ1n) is 6.30. The lowest BCUT2D eigenvalue weighted by Crippen LogP contribution is -2.26. The van der Waals surface area contributed by atoms with Crippen LogP contribution < -0.4 is 14.8 Å². The Balaban J connectivity index is 0.